The summed E-state index contributed by atoms with van der Waals surface area (Å²) in [5, 5.41) is 9.14. The molecule has 4 nitrogen and oxygen atoms in total. The van der Waals surface area contributed by atoms with Gasteiger partial charge in [0, 0.05) is 19.6 Å². The van der Waals surface area contributed by atoms with Gasteiger partial charge in [-0.3, -0.25) is 0 Å². The van der Waals surface area contributed by atoms with Crippen molar-refractivity contribution in [3.63, 3.8) is 0 Å². The molecule has 0 aliphatic heterocycles. The van der Waals surface area contributed by atoms with E-state index in [0.717, 1.165) is 5.56 Å². The number of ether oxygens (including phenoxy) is 3. The molecular weight excluding hydrogens is 232 g/mol. The molecule has 0 radical (unpaired) electrons. The molecule has 18 heavy (non-hydrogen) atoms. The molecule has 0 saturated heterocycles. The number of benzene rings is 1. The second-order valence-corrected chi connectivity index (χ2v) is 4.27. The first kappa shape index (κ1) is 15.1. The van der Waals surface area contributed by atoms with Crippen LogP contribution in [0.2, 0.25) is 0 Å². The largest absolute Gasteiger partial charge is 0.396 e. The second kappa shape index (κ2) is 9.05. The van der Waals surface area contributed by atoms with E-state index in [1.165, 1.54) is 0 Å². The Labute approximate surface area is 108 Å². The smallest absolute Gasteiger partial charge is 0.146 e. The average Bonchev–Trinajstić information content (AvgIpc) is 2.43. The monoisotopic (exact) mass is 254 g/mol. The van der Waals surface area contributed by atoms with E-state index in [2.05, 4.69) is 0 Å². The van der Waals surface area contributed by atoms with Gasteiger partial charge in [-0.15, -0.1) is 0 Å². The zero-order valence-corrected chi connectivity index (χ0v) is 11.0. The number of aliphatic hydroxyl groups is 1. The van der Waals surface area contributed by atoms with E-state index in [1.807, 2.05) is 37.3 Å². The van der Waals surface area contributed by atoms with Crippen molar-refractivity contribution in [3.8, 4) is 0 Å². The van der Waals surface area contributed by atoms with Gasteiger partial charge in [0.05, 0.1) is 19.3 Å². The maximum absolute atomic E-state index is 9.14. The van der Waals surface area contributed by atoms with Crippen molar-refractivity contribution in [2.75, 3.05) is 27.1 Å². The van der Waals surface area contributed by atoms with E-state index < -0.39 is 0 Å². The molecule has 0 aliphatic rings. The van der Waals surface area contributed by atoms with Crippen molar-refractivity contribution in [2.24, 2.45) is 5.92 Å². The Hall–Kier alpha value is -0.940. The highest BCUT2D eigenvalue weighted by atomic mass is 16.7. The number of hydrogen-bond donors (Lipinski definition) is 1. The molecule has 4 heteroatoms. The van der Waals surface area contributed by atoms with E-state index in [9.17, 15) is 0 Å². The van der Waals surface area contributed by atoms with Gasteiger partial charge in [0.15, 0.2) is 0 Å². The van der Waals surface area contributed by atoms with Crippen molar-refractivity contribution in [2.45, 2.75) is 19.6 Å². The van der Waals surface area contributed by atoms with Crippen LogP contribution in [0.4, 0.5) is 0 Å². The summed E-state index contributed by atoms with van der Waals surface area (Å²) < 4.78 is 16.0. The molecule has 0 aromatic heterocycles. The highest BCUT2D eigenvalue weighted by molar-refractivity contribution is 5.13. The molecule has 1 aromatic carbocycles. The minimum atomic E-state index is -0.154. The molecule has 102 valence electrons. The van der Waals surface area contributed by atoms with Gasteiger partial charge in [0.2, 0.25) is 0 Å². The fraction of sp³-hybridized carbons (Fsp3) is 0.571. The molecular formula is C14H22O4. The van der Waals surface area contributed by atoms with Gasteiger partial charge < -0.3 is 19.3 Å². The van der Waals surface area contributed by atoms with E-state index in [-0.39, 0.29) is 25.4 Å². The average molecular weight is 254 g/mol. The minimum Gasteiger partial charge on any atom is -0.396 e. The Morgan fingerprint density at radius 3 is 2.56 bits per heavy atom. The van der Waals surface area contributed by atoms with Crippen molar-refractivity contribution in [1.29, 1.82) is 0 Å². The third-order valence-electron chi connectivity index (χ3n) is 2.72. The molecule has 0 saturated carbocycles. The first-order chi connectivity index (χ1) is 8.77. The lowest BCUT2D eigenvalue weighted by Crippen LogP contribution is -2.30. The van der Waals surface area contributed by atoms with Crippen LogP contribution in [0.5, 0.6) is 0 Å². The highest BCUT2D eigenvalue weighted by Crippen LogP contribution is 2.09. The molecule has 1 N–H and O–H groups in total. The summed E-state index contributed by atoms with van der Waals surface area (Å²) in [5.41, 5.74) is 1.12. The van der Waals surface area contributed by atoms with Crippen LogP contribution in [0.15, 0.2) is 30.3 Å². The van der Waals surface area contributed by atoms with Crippen LogP contribution in [-0.4, -0.2) is 38.3 Å². The number of hydrogen-bond acceptors (Lipinski definition) is 4. The lowest BCUT2D eigenvalue weighted by molar-refractivity contribution is -0.121. The Kier molecular flexibility index (Phi) is 7.60. The fourth-order valence-corrected chi connectivity index (χ4v) is 1.52. The van der Waals surface area contributed by atoms with E-state index >= 15 is 0 Å². The van der Waals surface area contributed by atoms with Crippen LogP contribution in [0.3, 0.4) is 0 Å². The van der Waals surface area contributed by atoms with Crippen LogP contribution in [0.1, 0.15) is 12.5 Å². The highest BCUT2D eigenvalue weighted by Gasteiger charge is 2.17. The van der Waals surface area contributed by atoms with Crippen LogP contribution >= 0.6 is 0 Å². The molecule has 1 aromatic rings. The Balaban J connectivity index is 2.32. The van der Waals surface area contributed by atoms with Crippen LogP contribution in [0, 0.1) is 5.92 Å². The third kappa shape index (κ3) is 5.60. The van der Waals surface area contributed by atoms with E-state index in [1.54, 1.807) is 7.11 Å². The van der Waals surface area contributed by atoms with Gasteiger partial charge in [-0.05, 0) is 5.56 Å². The minimum absolute atomic E-state index is 0.0240. The predicted octanol–water partition coefficient (Wildman–Crippen LogP) is 1.82. The summed E-state index contributed by atoms with van der Waals surface area (Å²) in [6, 6.07) is 9.96. The van der Waals surface area contributed by atoms with Gasteiger partial charge in [-0.25, -0.2) is 0 Å². The number of methoxy groups -OCH3 is 1. The Morgan fingerprint density at radius 2 is 1.94 bits per heavy atom. The SMILES string of the molecule is COCO[C@H](COCc1ccccc1)[C@@H](C)CO. The lowest BCUT2D eigenvalue weighted by atomic mass is 10.1. The number of aliphatic hydroxyl groups excluding tert-OH is 1. The molecule has 0 amide bonds. The van der Waals surface area contributed by atoms with Gasteiger partial charge in [0.25, 0.3) is 0 Å². The van der Waals surface area contributed by atoms with Gasteiger partial charge in [-0.1, -0.05) is 37.3 Å². The maximum atomic E-state index is 9.14. The Morgan fingerprint density at radius 1 is 1.22 bits per heavy atom. The molecule has 1 rings (SSSR count). The quantitative estimate of drug-likeness (QED) is 0.683. The van der Waals surface area contributed by atoms with E-state index in [4.69, 9.17) is 19.3 Å². The summed E-state index contributed by atoms with van der Waals surface area (Å²) in [6.07, 6.45) is -0.154. The Bertz CT molecular complexity index is 302. The number of rotatable bonds is 9. The predicted molar refractivity (Wildman–Crippen MR) is 69.1 cm³/mol. The summed E-state index contributed by atoms with van der Waals surface area (Å²) >= 11 is 0. The molecule has 0 spiro atoms. The summed E-state index contributed by atoms with van der Waals surface area (Å²) in [4.78, 5) is 0. The van der Waals surface area contributed by atoms with Crippen LogP contribution < -0.4 is 0 Å². The molecule has 0 bridgehead atoms. The zero-order chi connectivity index (χ0) is 13.2. The normalized spacial score (nSPS) is 14.4. The standard InChI is InChI=1S/C14H22O4/c1-12(8-15)14(18-11-16-2)10-17-9-13-6-4-3-5-7-13/h3-7,12,14-15H,8-11H2,1-2H3/t12-,14+/m0/s1. The van der Waals surface area contributed by atoms with Gasteiger partial charge in [-0.2, -0.15) is 0 Å². The van der Waals surface area contributed by atoms with E-state index in [0.29, 0.717) is 13.2 Å². The molecule has 2 atom stereocenters. The summed E-state index contributed by atoms with van der Waals surface area (Å²) in [6.45, 7) is 3.20. The first-order valence-corrected chi connectivity index (χ1v) is 6.11. The van der Waals surface area contributed by atoms with Gasteiger partial charge in [0.1, 0.15) is 6.79 Å². The maximum Gasteiger partial charge on any atom is 0.146 e. The second-order valence-electron chi connectivity index (χ2n) is 4.27. The molecule has 0 aliphatic carbocycles. The first-order valence-electron chi connectivity index (χ1n) is 6.11. The molecule has 0 heterocycles. The van der Waals surface area contributed by atoms with Crippen molar-refractivity contribution in [1.82, 2.24) is 0 Å². The van der Waals surface area contributed by atoms with Crippen molar-refractivity contribution < 1.29 is 19.3 Å². The zero-order valence-electron chi connectivity index (χ0n) is 11.0. The van der Waals surface area contributed by atoms with Crippen molar-refractivity contribution in [3.05, 3.63) is 35.9 Å². The van der Waals surface area contributed by atoms with Gasteiger partial charge >= 0.3 is 0 Å². The molecule has 0 fully saturated rings. The van der Waals surface area contributed by atoms with Crippen LogP contribution in [-0.2, 0) is 20.8 Å². The van der Waals surface area contributed by atoms with Crippen LogP contribution in [0.25, 0.3) is 0 Å². The van der Waals surface area contributed by atoms with Crippen molar-refractivity contribution >= 4 is 0 Å². The summed E-state index contributed by atoms with van der Waals surface area (Å²) in [7, 11) is 1.57. The topological polar surface area (TPSA) is 47.9 Å². The lowest BCUT2D eigenvalue weighted by Gasteiger charge is -2.22. The molecule has 0 unspecified atom stereocenters. The third-order valence-corrected chi connectivity index (χ3v) is 2.72. The summed E-state index contributed by atoms with van der Waals surface area (Å²) in [5.74, 6) is 0.0240. The fourth-order valence-electron chi connectivity index (χ4n) is 1.52.